The number of carboxylic acids is 1. The zero-order valence-electron chi connectivity index (χ0n) is 12.0. The standard InChI is InChI=1S/C16H20N2O3/c1-11-6-7-13(16(17)21)10-18(11)14-5-3-2-4-12(14)8-9-15(19)20/h2-5,8-9,11,13H,6-7,10H2,1H3,(H2,17,21)(H,19,20). The lowest BCUT2D eigenvalue weighted by Crippen LogP contribution is -2.46. The molecule has 0 radical (unpaired) electrons. The number of hydrogen-bond donors (Lipinski definition) is 2. The summed E-state index contributed by atoms with van der Waals surface area (Å²) in [6.45, 7) is 2.68. The molecule has 0 spiro atoms. The van der Waals surface area contributed by atoms with E-state index in [-0.39, 0.29) is 11.8 Å². The summed E-state index contributed by atoms with van der Waals surface area (Å²) in [6.07, 6.45) is 4.40. The summed E-state index contributed by atoms with van der Waals surface area (Å²) in [4.78, 5) is 24.3. The first-order valence-corrected chi connectivity index (χ1v) is 7.05. The van der Waals surface area contributed by atoms with Crippen molar-refractivity contribution in [2.45, 2.75) is 25.8 Å². The maximum Gasteiger partial charge on any atom is 0.328 e. The maximum absolute atomic E-state index is 11.4. The van der Waals surface area contributed by atoms with E-state index in [1.807, 2.05) is 24.3 Å². The highest BCUT2D eigenvalue weighted by Crippen LogP contribution is 2.30. The van der Waals surface area contributed by atoms with Crippen molar-refractivity contribution in [1.82, 2.24) is 0 Å². The Kier molecular flexibility index (Phi) is 4.62. The second kappa shape index (κ2) is 6.43. The van der Waals surface area contributed by atoms with Crippen molar-refractivity contribution in [2.75, 3.05) is 11.4 Å². The Morgan fingerprint density at radius 1 is 1.33 bits per heavy atom. The maximum atomic E-state index is 11.4. The highest BCUT2D eigenvalue weighted by molar-refractivity contribution is 5.87. The van der Waals surface area contributed by atoms with E-state index in [9.17, 15) is 9.59 Å². The molecule has 0 aliphatic carbocycles. The van der Waals surface area contributed by atoms with Crippen molar-refractivity contribution in [1.29, 1.82) is 0 Å². The molecule has 1 aliphatic heterocycles. The van der Waals surface area contributed by atoms with E-state index in [1.165, 1.54) is 0 Å². The Balaban J connectivity index is 2.31. The number of primary amides is 1. The molecule has 5 nitrogen and oxygen atoms in total. The number of aliphatic carboxylic acids is 1. The third-order valence-corrected chi connectivity index (χ3v) is 3.94. The second-order valence-electron chi connectivity index (χ2n) is 5.41. The quantitative estimate of drug-likeness (QED) is 0.828. The summed E-state index contributed by atoms with van der Waals surface area (Å²) in [5.74, 6) is -1.41. The van der Waals surface area contributed by atoms with Gasteiger partial charge in [-0.1, -0.05) is 18.2 Å². The number of amides is 1. The van der Waals surface area contributed by atoms with Gasteiger partial charge in [-0.25, -0.2) is 4.79 Å². The fourth-order valence-corrected chi connectivity index (χ4v) is 2.73. The van der Waals surface area contributed by atoms with Gasteiger partial charge in [0.25, 0.3) is 0 Å². The van der Waals surface area contributed by atoms with Gasteiger partial charge in [0, 0.05) is 24.4 Å². The third kappa shape index (κ3) is 3.62. The first kappa shape index (κ1) is 15.1. The molecule has 0 saturated carbocycles. The van der Waals surface area contributed by atoms with Crippen molar-refractivity contribution in [3.05, 3.63) is 35.9 Å². The molecule has 1 fully saturated rings. The van der Waals surface area contributed by atoms with E-state index < -0.39 is 5.97 Å². The molecule has 0 aromatic heterocycles. The molecule has 1 aliphatic rings. The molecule has 2 rings (SSSR count). The van der Waals surface area contributed by atoms with Crippen LogP contribution < -0.4 is 10.6 Å². The van der Waals surface area contributed by atoms with Gasteiger partial charge in [-0.3, -0.25) is 4.79 Å². The Bertz CT molecular complexity index is 568. The van der Waals surface area contributed by atoms with Crippen LogP contribution in [0.2, 0.25) is 0 Å². The highest BCUT2D eigenvalue weighted by atomic mass is 16.4. The van der Waals surface area contributed by atoms with Gasteiger partial charge < -0.3 is 15.7 Å². The van der Waals surface area contributed by atoms with Crippen molar-refractivity contribution in [3.63, 3.8) is 0 Å². The zero-order valence-corrected chi connectivity index (χ0v) is 12.0. The Morgan fingerprint density at radius 3 is 2.71 bits per heavy atom. The van der Waals surface area contributed by atoms with E-state index >= 15 is 0 Å². The lowest BCUT2D eigenvalue weighted by molar-refractivity contribution is -0.131. The molecule has 0 bridgehead atoms. The number of piperidine rings is 1. The molecule has 112 valence electrons. The van der Waals surface area contributed by atoms with E-state index in [4.69, 9.17) is 10.8 Å². The Labute approximate surface area is 124 Å². The Hall–Kier alpha value is -2.30. The molecule has 1 aromatic carbocycles. The monoisotopic (exact) mass is 288 g/mol. The van der Waals surface area contributed by atoms with Crippen LogP contribution in [0.4, 0.5) is 5.69 Å². The summed E-state index contributed by atoms with van der Waals surface area (Å²) in [5, 5.41) is 8.78. The molecular formula is C16H20N2O3. The van der Waals surface area contributed by atoms with Crippen LogP contribution in [0.15, 0.2) is 30.3 Å². The van der Waals surface area contributed by atoms with Crippen molar-refractivity contribution in [3.8, 4) is 0 Å². The second-order valence-corrected chi connectivity index (χ2v) is 5.41. The molecule has 1 saturated heterocycles. The molecule has 21 heavy (non-hydrogen) atoms. The van der Waals surface area contributed by atoms with Crippen LogP contribution >= 0.6 is 0 Å². The minimum atomic E-state index is -0.980. The summed E-state index contributed by atoms with van der Waals surface area (Å²) in [6, 6.07) is 7.88. The molecule has 1 aromatic rings. The third-order valence-electron chi connectivity index (χ3n) is 3.94. The van der Waals surface area contributed by atoms with Crippen LogP contribution in [0, 0.1) is 5.92 Å². The fraction of sp³-hybridized carbons (Fsp3) is 0.375. The van der Waals surface area contributed by atoms with Gasteiger partial charge in [0.1, 0.15) is 0 Å². The molecule has 2 atom stereocenters. The van der Waals surface area contributed by atoms with Crippen molar-refractivity contribution < 1.29 is 14.7 Å². The van der Waals surface area contributed by atoms with Crippen LogP contribution in [-0.4, -0.2) is 29.6 Å². The number of nitrogens with two attached hydrogens (primary N) is 1. The Morgan fingerprint density at radius 2 is 2.05 bits per heavy atom. The van der Waals surface area contributed by atoms with Gasteiger partial charge >= 0.3 is 5.97 Å². The number of hydrogen-bond acceptors (Lipinski definition) is 3. The van der Waals surface area contributed by atoms with Gasteiger partial charge in [-0.15, -0.1) is 0 Å². The summed E-state index contributed by atoms with van der Waals surface area (Å²) < 4.78 is 0. The minimum absolute atomic E-state index is 0.155. The van der Waals surface area contributed by atoms with Gasteiger partial charge in [0.15, 0.2) is 0 Å². The average molecular weight is 288 g/mol. The van der Waals surface area contributed by atoms with E-state index in [2.05, 4.69) is 11.8 Å². The zero-order chi connectivity index (χ0) is 15.4. The van der Waals surface area contributed by atoms with E-state index in [1.54, 1.807) is 6.08 Å². The summed E-state index contributed by atoms with van der Waals surface area (Å²) >= 11 is 0. The number of rotatable bonds is 4. The van der Waals surface area contributed by atoms with Crippen LogP contribution in [-0.2, 0) is 9.59 Å². The van der Waals surface area contributed by atoms with Crippen LogP contribution in [0.25, 0.3) is 6.08 Å². The highest BCUT2D eigenvalue weighted by Gasteiger charge is 2.29. The minimum Gasteiger partial charge on any atom is -0.478 e. The smallest absolute Gasteiger partial charge is 0.328 e. The number of carbonyl (C=O) groups is 2. The fourth-order valence-electron chi connectivity index (χ4n) is 2.73. The first-order valence-electron chi connectivity index (χ1n) is 7.05. The molecule has 3 N–H and O–H groups in total. The molecule has 1 amide bonds. The van der Waals surface area contributed by atoms with Gasteiger partial charge in [0.2, 0.25) is 5.91 Å². The lowest BCUT2D eigenvalue weighted by atomic mass is 9.92. The SMILES string of the molecule is CC1CCC(C(N)=O)CN1c1ccccc1C=CC(=O)O. The predicted octanol–water partition coefficient (Wildman–Crippen LogP) is 1.87. The first-order chi connectivity index (χ1) is 9.99. The largest absolute Gasteiger partial charge is 0.478 e. The van der Waals surface area contributed by atoms with Crippen LogP contribution in [0.3, 0.4) is 0 Å². The summed E-state index contributed by atoms with van der Waals surface area (Å²) in [7, 11) is 0. The van der Waals surface area contributed by atoms with Gasteiger partial charge in [0.05, 0.1) is 5.92 Å². The van der Waals surface area contributed by atoms with Crippen molar-refractivity contribution in [2.24, 2.45) is 11.7 Å². The summed E-state index contributed by atoms with van der Waals surface area (Å²) in [5.41, 5.74) is 7.20. The van der Waals surface area contributed by atoms with E-state index in [0.717, 1.165) is 30.2 Å². The van der Waals surface area contributed by atoms with Gasteiger partial charge in [-0.2, -0.15) is 0 Å². The number of carbonyl (C=O) groups excluding carboxylic acids is 1. The number of nitrogens with zero attached hydrogens (tertiary/aromatic N) is 1. The average Bonchev–Trinajstić information content (AvgIpc) is 2.45. The molecule has 1 heterocycles. The number of carboxylic acid groups (broad SMARTS) is 1. The molecule has 5 heteroatoms. The number of anilines is 1. The van der Waals surface area contributed by atoms with E-state index in [0.29, 0.717) is 12.6 Å². The topological polar surface area (TPSA) is 83.6 Å². The van der Waals surface area contributed by atoms with Gasteiger partial charge in [-0.05, 0) is 37.5 Å². The lowest BCUT2D eigenvalue weighted by Gasteiger charge is -2.39. The van der Waals surface area contributed by atoms with Crippen LogP contribution in [0.1, 0.15) is 25.3 Å². The number of benzene rings is 1. The molecular weight excluding hydrogens is 268 g/mol. The van der Waals surface area contributed by atoms with Crippen molar-refractivity contribution >= 4 is 23.6 Å². The number of para-hydroxylation sites is 1. The normalized spacial score (nSPS) is 22.4. The predicted molar refractivity (Wildman–Crippen MR) is 81.8 cm³/mol. The molecule has 2 unspecified atom stereocenters. The van der Waals surface area contributed by atoms with Crippen LogP contribution in [0.5, 0.6) is 0 Å².